The van der Waals surface area contributed by atoms with E-state index in [9.17, 15) is 14.4 Å². The molecule has 8 rings (SSSR count). The summed E-state index contributed by atoms with van der Waals surface area (Å²) in [5.41, 5.74) is 6.73. The number of nitrogens with zero attached hydrogens (tertiary/aromatic N) is 5. The molecule has 0 unspecified atom stereocenters. The number of carbonyl (C=O) groups is 2. The van der Waals surface area contributed by atoms with Gasteiger partial charge in [0.15, 0.2) is 5.43 Å². The first-order valence-electron chi connectivity index (χ1n) is 18.0. The number of ether oxygens (including phenoxy) is 1. The number of amides is 2. The Kier molecular flexibility index (Phi) is 12.2. The average Bonchev–Trinajstić information content (AvgIpc) is 3.18. The van der Waals surface area contributed by atoms with E-state index in [1.54, 1.807) is 37.4 Å². The van der Waals surface area contributed by atoms with Gasteiger partial charge >= 0.3 is 0 Å². The number of benzene rings is 6. The van der Waals surface area contributed by atoms with E-state index >= 15 is 0 Å². The molecule has 56 heavy (non-hydrogen) atoms. The first kappa shape index (κ1) is 39.7. The highest BCUT2D eigenvalue weighted by Crippen LogP contribution is 2.29. The van der Waals surface area contributed by atoms with Crippen LogP contribution in [0.2, 0.25) is 0 Å². The van der Waals surface area contributed by atoms with Crippen molar-refractivity contribution in [1.82, 2.24) is 40.4 Å². The summed E-state index contributed by atoms with van der Waals surface area (Å²) in [6, 6.07) is 29.7. The number of hydrogen-bond donors (Lipinski definition) is 3. The van der Waals surface area contributed by atoms with Gasteiger partial charge in [-0.2, -0.15) is 0 Å². The molecular formula is C43H43BrN8O4. The van der Waals surface area contributed by atoms with Crippen molar-refractivity contribution in [2.24, 2.45) is 0 Å². The largest absolute Gasteiger partial charge is 0.497 e. The SMILES string of the molecule is Br.CN(C)CCNC(=O)c1cccc2[nH]c3ccc4ccc(=O)cc4c3nc12.COc1ccc2ccc3nc4cccc(C(=O)NCCN(C)C)c4nc3c2c1. The van der Waals surface area contributed by atoms with Gasteiger partial charge in [-0.25, -0.2) is 15.0 Å². The maximum atomic E-state index is 12.7. The third kappa shape index (κ3) is 8.45. The lowest BCUT2D eigenvalue weighted by molar-refractivity contribution is 0.0944. The van der Waals surface area contributed by atoms with Gasteiger partial charge in [0, 0.05) is 37.0 Å². The van der Waals surface area contributed by atoms with Gasteiger partial charge in [0.2, 0.25) is 0 Å². The van der Waals surface area contributed by atoms with Gasteiger partial charge in [-0.3, -0.25) is 14.4 Å². The van der Waals surface area contributed by atoms with Gasteiger partial charge in [0.05, 0.1) is 56.9 Å². The number of methoxy groups -OCH3 is 1. The normalized spacial score (nSPS) is 11.3. The lowest BCUT2D eigenvalue weighted by Crippen LogP contribution is -2.31. The molecule has 3 N–H and O–H groups in total. The Labute approximate surface area is 333 Å². The van der Waals surface area contributed by atoms with E-state index in [0.717, 1.165) is 62.5 Å². The van der Waals surface area contributed by atoms with Crippen molar-refractivity contribution < 1.29 is 14.3 Å². The molecule has 2 heterocycles. The molecule has 6 aromatic carbocycles. The number of likely N-dealkylation sites (N-methyl/N-ethyl adjacent to an activating group) is 2. The van der Waals surface area contributed by atoms with Crippen LogP contribution >= 0.6 is 17.0 Å². The third-order valence-electron chi connectivity index (χ3n) is 9.33. The molecule has 0 spiro atoms. The van der Waals surface area contributed by atoms with Crippen molar-refractivity contribution >= 4 is 94.5 Å². The molecule has 12 nitrogen and oxygen atoms in total. The Balaban J connectivity index is 0.000000187. The highest BCUT2D eigenvalue weighted by atomic mass is 79.9. The Bertz CT molecular complexity index is 2810. The van der Waals surface area contributed by atoms with E-state index in [4.69, 9.17) is 19.7 Å². The van der Waals surface area contributed by atoms with Crippen LogP contribution in [-0.2, 0) is 0 Å². The molecule has 0 aliphatic carbocycles. The highest BCUT2D eigenvalue weighted by Gasteiger charge is 2.16. The lowest BCUT2D eigenvalue weighted by atomic mass is 10.1. The summed E-state index contributed by atoms with van der Waals surface area (Å²) < 4.78 is 5.37. The molecule has 0 bridgehead atoms. The molecule has 286 valence electrons. The smallest absolute Gasteiger partial charge is 0.253 e. The van der Waals surface area contributed by atoms with E-state index in [1.165, 1.54) is 0 Å². The number of para-hydroxylation sites is 2. The van der Waals surface area contributed by atoms with E-state index in [1.807, 2.05) is 105 Å². The zero-order chi connectivity index (χ0) is 38.6. The van der Waals surface area contributed by atoms with Crippen molar-refractivity contribution in [3.05, 3.63) is 118 Å². The Morgan fingerprint density at radius 3 is 1.86 bits per heavy atom. The van der Waals surface area contributed by atoms with Crippen LogP contribution < -0.4 is 20.8 Å². The molecule has 0 aliphatic rings. The van der Waals surface area contributed by atoms with Crippen molar-refractivity contribution in [3.63, 3.8) is 0 Å². The van der Waals surface area contributed by atoms with Crippen molar-refractivity contribution in [3.8, 4) is 5.75 Å². The van der Waals surface area contributed by atoms with Gasteiger partial charge in [-0.15, -0.1) is 17.0 Å². The van der Waals surface area contributed by atoms with E-state index in [-0.39, 0.29) is 34.2 Å². The Hall–Kier alpha value is -6.02. The second kappa shape index (κ2) is 17.2. The molecular weight excluding hydrogens is 772 g/mol. The highest BCUT2D eigenvalue weighted by molar-refractivity contribution is 8.93. The lowest BCUT2D eigenvalue weighted by Gasteiger charge is -2.12. The van der Waals surface area contributed by atoms with Gasteiger partial charge in [0.25, 0.3) is 11.8 Å². The summed E-state index contributed by atoms with van der Waals surface area (Å²) in [7, 11) is 9.51. The maximum Gasteiger partial charge on any atom is 0.253 e. The first-order chi connectivity index (χ1) is 26.6. The second-order valence-corrected chi connectivity index (χ2v) is 13.8. The minimum absolute atomic E-state index is 0. The van der Waals surface area contributed by atoms with Crippen LogP contribution in [0, 0.1) is 0 Å². The van der Waals surface area contributed by atoms with E-state index in [2.05, 4.69) is 15.6 Å². The summed E-state index contributed by atoms with van der Waals surface area (Å²) in [5.74, 6) is 0.461. The summed E-state index contributed by atoms with van der Waals surface area (Å²) >= 11 is 0. The fourth-order valence-corrected chi connectivity index (χ4v) is 6.46. The number of hydrogen-bond acceptors (Lipinski definition) is 9. The van der Waals surface area contributed by atoms with Crippen LogP contribution in [0.15, 0.2) is 102 Å². The zero-order valence-electron chi connectivity index (χ0n) is 31.8. The number of halogens is 1. The van der Waals surface area contributed by atoms with Crippen LogP contribution in [0.3, 0.4) is 0 Å². The van der Waals surface area contributed by atoms with Crippen molar-refractivity contribution in [1.29, 1.82) is 0 Å². The molecule has 0 saturated heterocycles. The van der Waals surface area contributed by atoms with Crippen LogP contribution in [0.5, 0.6) is 5.75 Å². The zero-order valence-corrected chi connectivity index (χ0v) is 33.6. The number of rotatable bonds is 9. The monoisotopic (exact) mass is 814 g/mol. The minimum atomic E-state index is -0.160. The topological polar surface area (TPSA) is 145 Å². The molecule has 2 aromatic heterocycles. The van der Waals surface area contributed by atoms with Crippen molar-refractivity contribution in [2.45, 2.75) is 0 Å². The Morgan fingerprint density at radius 2 is 1.18 bits per heavy atom. The Morgan fingerprint density at radius 1 is 0.625 bits per heavy atom. The summed E-state index contributed by atoms with van der Waals surface area (Å²) in [5, 5.41) is 9.61. The molecule has 0 aliphatic heterocycles. The van der Waals surface area contributed by atoms with Crippen LogP contribution in [-0.4, -0.2) is 103 Å². The van der Waals surface area contributed by atoms with E-state index in [0.29, 0.717) is 46.3 Å². The van der Waals surface area contributed by atoms with Gasteiger partial charge in [-0.05, 0) is 99.6 Å². The number of aromatic amines is 1. The van der Waals surface area contributed by atoms with Gasteiger partial charge in [-0.1, -0.05) is 36.4 Å². The number of fused-ring (bicyclic) bond motifs is 8. The number of aromatic nitrogens is 4. The summed E-state index contributed by atoms with van der Waals surface area (Å²) in [4.78, 5) is 59.0. The van der Waals surface area contributed by atoms with Crippen LogP contribution in [0.1, 0.15) is 20.7 Å². The summed E-state index contributed by atoms with van der Waals surface area (Å²) in [6.07, 6.45) is 0. The number of carbonyl (C=O) groups excluding carboxylic acids is 2. The maximum absolute atomic E-state index is 12.7. The standard InChI is InChI=1S/C22H22N4O2.C21H20N4O2.BrH/c1-26(2)12-11-23-22(27)16-5-4-6-18-20(16)25-21-17-13-15(28-3)9-7-14(17)8-10-19(21)24-18;1-25(2)11-10-22-21(27)15-4-3-5-17-19(15)24-20-16-12-14(26)8-6-13(16)7-9-18(20)23-17;/h4-10,13H,11-12H2,1-3H3,(H,23,27);3-9,12,23H,10-11H2,1-2H3,(H,22,27);1H. The van der Waals surface area contributed by atoms with Gasteiger partial charge < -0.3 is 30.2 Å². The number of nitrogens with one attached hydrogen (secondary N) is 3. The van der Waals surface area contributed by atoms with Crippen LogP contribution in [0.25, 0.3) is 65.7 Å². The molecule has 0 radical (unpaired) electrons. The molecule has 0 saturated carbocycles. The predicted molar refractivity (Wildman–Crippen MR) is 231 cm³/mol. The molecule has 2 amide bonds. The fourth-order valence-electron chi connectivity index (χ4n) is 6.46. The van der Waals surface area contributed by atoms with Gasteiger partial charge in [0.1, 0.15) is 11.3 Å². The third-order valence-corrected chi connectivity index (χ3v) is 9.33. The molecule has 8 aromatic rings. The predicted octanol–water partition coefficient (Wildman–Crippen LogP) is 6.34. The summed E-state index contributed by atoms with van der Waals surface area (Å²) in [6.45, 7) is 2.66. The second-order valence-electron chi connectivity index (χ2n) is 13.8. The average molecular weight is 816 g/mol. The molecule has 0 fully saturated rings. The quantitative estimate of drug-likeness (QED) is 0.112. The van der Waals surface area contributed by atoms with Crippen LogP contribution in [0.4, 0.5) is 0 Å². The molecule has 0 atom stereocenters. The fraction of sp³-hybridized carbons (Fsp3) is 0.209. The molecule has 13 heteroatoms. The van der Waals surface area contributed by atoms with Crippen molar-refractivity contribution in [2.75, 3.05) is 61.5 Å². The van der Waals surface area contributed by atoms with E-state index < -0.39 is 0 Å². The minimum Gasteiger partial charge on any atom is -0.497 e. The first-order valence-corrected chi connectivity index (χ1v) is 18.0. The number of H-pyrrole nitrogens is 1.